The molecule has 0 bridgehead atoms. The number of benzene rings is 3. The number of ether oxygens (including phenoxy) is 2. The first-order valence-corrected chi connectivity index (χ1v) is 14.0. The number of anilines is 1. The number of methoxy groups -OCH3 is 1. The summed E-state index contributed by atoms with van der Waals surface area (Å²) in [6.07, 6.45) is 3.07. The van der Waals surface area contributed by atoms with E-state index in [0.717, 1.165) is 16.7 Å². The number of carbonyl (C=O) groups excluding carboxylic acids is 1. The van der Waals surface area contributed by atoms with Gasteiger partial charge in [-0.05, 0) is 67.1 Å². The fourth-order valence-electron chi connectivity index (χ4n) is 5.18. The third-order valence-corrected chi connectivity index (χ3v) is 7.37. The van der Waals surface area contributed by atoms with Crippen molar-refractivity contribution in [1.29, 1.82) is 10.5 Å². The van der Waals surface area contributed by atoms with Crippen molar-refractivity contribution in [3.63, 3.8) is 0 Å². The van der Waals surface area contributed by atoms with Crippen molar-refractivity contribution < 1.29 is 14.3 Å². The van der Waals surface area contributed by atoms with Gasteiger partial charge in [-0.2, -0.15) is 10.5 Å². The van der Waals surface area contributed by atoms with E-state index in [-0.39, 0.29) is 5.41 Å². The number of amides is 1. The summed E-state index contributed by atoms with van der Waals surface area (Å²) < 4.78 is 11.1. The molecule has 6 nitrogen and oxygen atoms in total. The van der Waals surface area contributed by atoms with E-state index in [1.54, 1.807) is 37.6 Å². The van der Waals surface area contributed by atoms with Crippen LogP contribution in [0, 0.1) is 28.6 Å². The predicted molar refractivity (Wildman–Crippen MR) is 167 cm³/mol. The van der Waals surface area contributed by atoms with Crippen molar-refractivity contribution >= 4 is 11.8 Å². The van der Waals surface area contributed by atoms with Crippen molar-refractivity contribution in [3.05, 3.63) is 108 Å². The summed E-state index contributed by atoms with van der Waals surface area (Å²) in [6.45, 7) is 13.8. The maximum Gasteiger partial charge on any atom is 0.418 e. The Labute approximate surface area is 250 Å². The van der Waals surface area contributed by atoms with Crippen LogP contribution >= 0.6 is 0 Å². The Morgan fingerprint density at radius 3 is 1.93 bits per heavy atom. The van der Waals surface area contributed by atoms with E-state index in [4.69, 9.17) is 9.47 Å². The van der Waals surface area contributed by atoms with Gasteiger partial charge in [0, 0.05) is 17.5 Å². The SMILES string of the molecule is COc1ccc(N(/C=C/[C@@H](c2ccccc2C(C)(C)C)[C@](C)(c2ccccc2)C(C#N)C#N)C(=O)OC(C)(C)C)cc1. The smallest absolute Gasteiger partial charge is 0.418 e. The molecule has 0 N–H and O–H groups in total. The lowest BCUT2D eigenvalue weighted by Crippen LogP contribution is -2.38. The Kier molecular flexibility index (Phi) is 9.87. The number of hydrogen-bond donors (Lipinski definition) is 0. The molecule has 6 heteroatoms. The van der Waals surface area contributed by atoms with Gasteiger partial charge in [0.1, 0.15) is 17.3 Å². The lowest BCUT2D eigenvalue weighted by Gasteiger charge is -2.40. The highest BCUT2D eigenvalue weighted by Gasteiger charge is 2.45. The maximum atomic E-state index is 13.6. The lowest BCUT2D eigenvalue weighted by atomic mass is 9.61. The van der Waals surface area contributed by atoms with Crippen molar-refractivity contribution in [1.82, 2.24) is 0 Å². The minimum absolute atomic E-state index is 0.226. The first-order valence-electron chi connectivity index (χ1n) is 14.0. The van der Waals surface area contributed by atoms with Crippen LogP contribution in [0.15, 0.2) is 91.1 Å². The highest BCUT2D eigenvalue weighted by molar-refractivity contribution is 5.90. The highest BCUT2D eigenvalue weighted by Crippen LogP contribution is 2.48. The van der Waals surface area contributed by atoms with Crippen molar-refractivity contribution in [2.24, 2.45) is 5.92 Å². The molecule has 0 saturated heterocycles. The molecular formula is C36H41N3O3. The largest absolute Gasteiger partial charge is 0.497 e. The number of hydrogen-bond acceptors (Lipinski definition) is 5. The third kappa shape index (κ3) is 7.20. The zero-order chi connectivity index (χ0) is 31.1. The molecule has 0 aliphatic carbocycles. The zero-order valence-corrected chi connectivity index (χ0v) is 25.9. The second kappa shape index (κ2) is 13.0. The summed E-state index contributed by atoms with van der Waals surface area (Å²) in [5.74, 6) is -0.798. The predicted octanol–water partition coefficient (Wildman–Crippen LogP) is 8.65. The van der Waals surface area contributed by atoms with E-state index in [0.29, 0.717) is 11.4 Å². The molecule has 218 valence electrons. The van der Waals surface area contributed by atoms with Gasteiger partial charge in [0.2, 0.25) is 0 Å². The van der Waals surface area contributed by atoms with Crippen LogP contribution in [-0.4, -0.2) is 18.8 Å². The van der Waals surface area contributed by atoms with Crippen LogP contribution in [0.3, 0.4) is 0 Å². The molecule has 0 fully saturated rings. The molecule has 0 radical (unpaired) electrons. The molecule has 0 spiro atoms. The van der Waals surface area contributed by atoms with Crippen LogP contribution in [0.25, 0.3) is 0 Å². The fourth-order valence-corrected chi connectivity index (χ4v) is 5.18. The van der Waals surface area contributed by atoms with Crippen LogP contribution in [-0.2, 0) is 15.6 Å². The quantitative estimate of drug-likeness (QED) is 0.274. The average molecular weight is 564 g/mol. The summed E-state index contributed by atoms with van der Waals surface area (Å²) >= 11 is 0. The molecule has 3 aromatic rings. The molecule has 1 amide bonds. The molecule has 0 saturated carbocycles. The Bertz CT molecular complexity index is 1450. The number of allylic oxidation sites excluding steroid dienone is 1. The standard InChI is InChI=1S/C36H41N3O3/c1-34(2,3)31-17-13-12-16-30(31)32(36(7,27(24-37)25-38)26-14-10-9-11-15-26)22-23-39(33(40)42-35(4,5)6)28-18-20-29(41-8)21-19-28/h9-23,27,32H,1-8H3/b23-22+/t32-,36+/m0/s1. The molecule has 3 aromatic carbocycles. The molecule has 0 unspecified atom stereocenters. The van der Waals surface area contributed by atoms with Crippen LogP contribution in [0.5, 0.6) is 5.75 Å². The van der Waals surface area contributed by atoms with Crippen molar-refractivity contribution in [3.8, 4) is 17.9 Å². The second-order valence-electron chi connectivity index (χ2n) is 12.5. The van der Waals surface area contributed by atoms with Gasteiger partial charge in [0.05, 0.1) is 24.9 Å². The molecule has 0 aliphatic rings. The van der Waals surface area contributed by atoms with Gasteiger partial charge in [0.15, 0.2) is 0 Å². The van der Waals surface area contributed by atoms with E-state index in [9.17, 15) is 15.3 Å². The molecule has 3 rings (SSSR count). The number of rotatable bonds is 8. The summed E-state index contributed by atoms with van der Waals surface area (Å²) in [7, 11) is 1.59. The Hall–Kier alpha value is -4.55. The van der Waals surface area contributed by atoms with Crippen LogP contribution in [0.2, 0.25) is 0 Å². The topological polar surface area (TPSA) is 86.4 Å². The van der Waals surface area contributed by atoms with Gasteiger partial charge < -0.3 is 9.47 Å². The van der Waals surface area contributed by atoms with Crippen molar-refractivity contribution in [2.45, 2.75) is 70.8 Å². The molecule has 2 atom stereocenters. The zero-order valence-electron chi connectivity index (χ0n) is 25.9. The Morgan fingerprint density at radius 1 is 0.833 bits per heavy atom. The lowest BCUT2D eigenvalue weighted by molar-refractivity contribution is 0.0596. The monoisotopic (exact) mass is 563 g/mol. The summed E-state index contributed by atoms with van der Waals surface area (Å²) in [5, 5.41) is 20.6. The molecular weight excluding hydrogens is 522 g/mol. The van der Waals surface area contributed by atoms with Crippen LogP contribution in [0.4, 0.5) is 10.5 Å². The average Bonchev–Trinajstić information content (AvgIpc) is 2.95. The second-order valence-corrected chi connectivity index (χ2v) is 12.5. The van der Waals surface area contributed by atoms with Gasteiger partial charge in [0.25, 0.3) is 0 Å². The van der Waals surface area contributed by atoms with Gasteiger partial charge in [-0.15, -0.1) is 0 Å². The van der Waals surface area contributed by atoms with E-state index < -0.39 is 28.9 Å². The summed E-state index contributed by atoms with van der Waals surface area (Å²) in [6, 6.07) is 29.4. The molecule has 42 heavy (non-hydrogen) atoms. The minimum atomic E-state index is -0.987. The number of carbonyl (C=O) groups is 1. The van der Waals surface area contributed by atoms with E-state index in [1.165, 1.54) is 4.90 Å². The van der Waals surface area contributed by atoms with E-state index >= 15 is 0 Å². The molecule has 0 heterocycles. The minimum Gasteiger partial charge on any atom is -0.497 e. The first kappa shape index (κ1) is 32.0. The molecule has 0 aliphatic heterocycles. The summed E-state index contributed by atoms with van der Waals surface area (Å²) in [5.41, 5.74) is 1.58. The molecule has 0 aromatic heterocycles. The Balaban J connectivity index is 2.34. The van der Waals surface area contributed by atoms with Gasteiger partial charge in [-0.25, -0.2) is 4.79 Å². The number of nitriles is 2. The summed E-state index contributed by atoms with van der Waals surface area (Å²) in [4.78, 5) is 15.0. The van der Waals surface area contributed by atoms with Crippen molar-refractivity contribution in [2.75, 3.05) is 12.0 Å². The van der Waals surface area contributed by atoms with E-state index in [2.05, 4.69) is 39.0 Å². The normalized spacial score (nSPS) is 14.0. The number of nitrogens with zero attached hydrogens (tertiary/aromatic N) is 3. The third-order valence-electron chi connectivity index (χ3n) is 7.37. The maximum absolute atomic E-state index is 13.6. The first-order chi connectivity index (χ1) is 19.8. The van der Waals surface area contributed by atoms with E-state index in [1.807, 2.05) is 82.3 Å². The van der Waals surface area contributed by atoms with Crippen LogP contribution in [0.1, 0.15) is 71.1 Å². The fraction of sp³-hybridized carbons (Fsp3) is 0.361. The van der Waals surface area contributed by atoms with Gasteiger partial charge >= 0.3 is 6.09 Å². The van der Waals surface area contributed by atoms with Gasteiger partial charge in [-0.1, -0.05) is 88.4 Å². The van der Waals surface area contributed by atoms with Gasteiger partial charge in [-0.3, -0.25) is 4.90 Å². The Morgan fingerprint density at radius 2 is 1.40 bits per heavy atom. The van der Waals surface area contributed by atoms with Crippen LogP contribution < -0.4 is 9.64 Å². The highest BCUT2D eigenvalue weighted by atomic mass is 16.6.